The molecule has 1 fully saturated rings. The molecule has 0 radical (unpaired) electrons. The molecule has 1 aliphatic heterocycles. The van der Waals surface area contributed by atoms with Crippen LogP contribution in [0.1, 0.15) is 30.3 Å². The van der Waals surface area contributed by atoms with Crippen LogP contribution in [-0.2, 0) is 0 Å². The molecule has 1 amide bonds. The van der Waals surface area contributed by atoms with Crippen molar-refractivity contribution in [2.75, 3.05) is 23.4 Å². The molecular formula is C12H18N4OS. The lowest BCUT2D eigenvalue weighted by molar-refractivity contribution is 0.0936. The zero-order valence-corrected chi connectivity index (χ0v) is 11.3. The van der Waals surface area contributed by atoms with E-state index < -0.39 is 0 Å². The van der Waals surface area contributed by atoms with Gasteiger partial charge in [-0.25, -0.2) is 4.98 Å². The third kappa shape index (κ3) is 3.60. The molecule has 2 heterocycles. The lowest BCUT2D eigenvalue weighted by Crippen LogP contribution is -2.35. The van der Waals surface area contributed by atoms with Crippen LogP contribution in [0.4, 0.5) is 5.82 Å². The molecule has 0 saturated carbocycles. The highest BCUT2D eigenvalue weighted by molar-refractivity contribution is 7.99. The van der Waals surface area contributed by atoms with Crippen molar-refractivity contribution < 1.29 is 4.79 Å². The Morgan fingerprint density at radius 1 is 1.56 bits per heavy atom. The molecule has 1 aromatic heterocycles. The maximum Gasteiger partial charge on any atom is 0.271 e. The molecule has 2 rings (SSSR count). The van der Waals surface area contributed by atoms with Crippen molar-refractivity contribution in [2.24, 2.45) is 0 Å². The molecule has 2 N–H and O–H groups in total. The van der Waals surface area contributed by atoms with E-state index in [1.807, 2.05) is 11.8 Å². The third-order valence-corrected chi connectivity index (χ3v) is 3.85. The van der Waals surface area contributed by atoms with Gasteiger partial charge in [0, 0.05) is 18.3 Å². The van der Waals surface area contributed by atoms with Crippen LogP contribution in [-0.4, -0.2) is 40.0 Å². The van der Waals surface area contributed by atoms with Crippen molar-refractivity contribution in [3.63, 3.8) is 0 Å². The molecular weight excluding hydrogens is 248 g/mol. The zero-order valence-electron chi connectivity index (χ0n) is 10.5. The topological polar surface area (TPSA) is 66.9 Å². The van der Waals surface area contributed by atoms with Gasteiger partial charge in [-0.2, -0.15) is 11.8 Å². The minimum atomic E-state index is -0.129. The van der Waals surface area contributed by atoms with E-state index in [1.54, 1.807) is 6.20 Å². The molecule has 98 valence electrons. The molecule has 5 nitrogen and oxygen atoms in total. The maximum atomic E-state index is 12.0. The van der Waals surface area contributed by atoms with Crippen LogP contribution < -0.4 is 10.6 Å². The number of carbonyl (C=O) groups excluding carboxylic acids is 1. The van der Waals surface area contributed by atoms with Crippen LogP contribution in [0.15, 0.2) is 12.4 Å². The first-order valence-corrected chi connectivity index (χ1v) is 7.39. The SMILES string of the molecule is CCCNc1cncc(C(=O)NC2CCSC2)n1. The number of anilines is 1. The zero-order chi connectivity index (χ0) is 12.8. The summed E-state index contributed by atoms with van der Waals surface area (Å²) in [6.45, 7) is 2.91. The lowest BCUT2D eigenvalue weighted by atomic mass is 10.2. The highest BCUT2D eigenvalue weighted by atomic mass is 32.2. The van der Waals surface area contributed by atoms with E-state index in [9.17, 15) is 4.79 Å². The van der Waals surface area contributed by atoms with Crippen molar-refractivity contribution in [2.45, 2.75) is 25.8 Å². The van der Waals surface area contributed by atoms with Crippen molar-refractivity contribution in [3.05, 3.63) is 18.1 Å². The van der Waals surface area contributed by atoms with Gasteiger partial charge in [-0.1, -0.05) is 6.92 Å². The molecule has 0 bridgehead atoms. The van der Waals surface area contributed by atoms with Gasteiger partial charge in [0.15, 0.2) is 0 Å². The highest BCUT2D eigenvalue weighted by Gasteiger charge is 2.19. The number of nitrogens with zero attached hydrogens (tertiary/aromatic N) is 2. The number of hydrogen-bond donors (Lipinski definition) is 2. The predicted molar refractivity (Wildman–Crippen MR) is 74.0 cm³/mol. The van der Waals surface area contributed by atoms with Crippen LogP contribution in [0.25, 0.3) is 0 Å². The number of carbonyl (C=O) groups is 1. The van der Waals surface area contributed by atoms with Crippen molar-refractivity contribution in [1.82, 2.24) is 15.3 Å². The van der Waals surface area contributed by atoms with E-state index in [2.05, 4.69) is 27.5 Å². The average Bonchev–Trinajstić information content (AvgIpc) is 2.89. The van der Waals surface area contributed by atoms with E-state index in [0.29, 0.717) is 11.5 Å². The van der Waals surface area contributed by atoms with Crippen LogP contribution in [0, 0.1) is 0 Å². The Balaban J connectivity index is 1.96. The van der Waals surface area contributed by atoms with E-state index in [4.69, 9.17) is 0 Å². The van der Waals surface area contributed by atoms with Crippen molar-refractivity contribution in [3.8, 4) is 0 Å². The Hall–Kier alpha value is -1.30. The Labute approximate surface area is 111 Å². The van der Waals surface area contributed by atoms with Crippen molar-refractivity contribution in [1.29, 1.82) is 0 Å². The summed E-state index contributed by atoms with van der Waals surface area (Å²) in [6, 6.07) is 0.275. The Bertz CT molecular complexity index is 407. The fraction of sp³-hybridized carbons (Fsp3) is 0.583. The normalized spacial score (nSPS) is 18.6. The van der Waals surface area contributed by atoms with Crippen LogP contribution in [0.2, 0.25) is 0 Å². The van der Waals surface area contributed by atoms with Gasteiger partial charge in [-0.05, 0) is 18.6 Å². The second kappa shape index (κ2) is 6.58. The predicted octanol–water partition coefficient (Wildman–Crippen LogP) is 1.53. The molecule has 1 unspecified atom stereocenters. The number of nitrogens with one attached hydrogen (secondary N) is 2. The lowest BCUT2D eigenvalue weighted by Gasteiger charge is -2.11. The first-order valence-electron chi connectivity index (χ1n) is 6.24. The standard InChI is InChI=1S/C12H18N4OS/c1-2-4-14-11-7-13-6-10(16-11)12(17)15-9-3-5-18-8-9/h6-7,9H,2-5,8H2,1H3,(H,14,16)(H,15,17). The number of rotatable bonds is 5. The number of amides is 1. The molecule has 1 aromatic rings. The van der Waals surface area contributed by atoms with Gasteiger partial charge in [-0.15, -0.1) is 0 Å². The molecule has 0 aliphatic carbocycles. The van der Waals surface area contributed by atoms with Crippen LogP contribution >= 0.6 is 11.8 Å². The fourth-order valence-corrected chi connectivity index (χ4v) is 2.87. The highest BCUT2D eigenvalue weighted by Crippen LogP contribution is 2.17. The number of thioether (sulfide) groups is 1. The quantitative estimate of drug-likeness (QED) is 0.846. The Morgan fingerprint density at radius 2 is 2.44 bits per heavy atom. The van der Waals surface area contributed by atoms with Gasteiger partial charge < -0.3 is 10.6 Å². The molecule has 1 saturated heterocycles. The largest absolute Gasteiger partial charge is 0.369 e. The van der Waals surface area contributed by atoms with Crippen LogP contribution in [0.3, 0.4) is 0 Å². The Kier molecular flexibility index (Phi) is 4.81. The molecule has 0 aromatic carbocycles. The summed E-state index contributed by atoms with van der Waals surface area (Å²) < 4.78 is 0. The summed E-state index contributed by atoms with van der Waals surface area (Å²) in [5.74, 6) is 2.64. The van der Waals surface area contributed by atoms with Gasteiger partial charge in [0.2, 0.25) is 0 Å². The maximum absolute atomic E-state index is 12.0. The summed E-state index contributed by atoms with van der Waals surface area (Å²) in [6.07, 6.45) is 5.20. The summed E-state index contributed by atoms with van der Waals surface area (Å²) in [5.41, 5.74) is 0.382. The third-order valence-electron chi connectivity index (χ3n) is 2.69. The summed E-state index contributed by atoms with van der Waals surface area (Å²) in [4.78, 5) is 20.3. The molecule has 1 atom stereocenters. The first-order chi connectivity index (χ1) is 8.79. The van der Waals surface area contributed by atoms with Gasteiger partial charge >= 0.3 is 0 Å². The van der Waals surface area contributed by atoms with E-state index in [1.165, 1.54) is 6.20 Å². The summed E-state index contributed by atoms with van der Waals surface area (Å²) in [5, 5.41) is 6.11. The molecule has 1 aliphatic rings. The van der Waals surface area contributed by atoms with E-state index >= 15 is 0 Å². The summed E-state index contributed by atoms with van der Waals surface area (Å²) in [7, 11) is 0. The number of hydrogen-bond acceptors (Lipinski definition) is 5. The smallest absolute Gasteiger partial charge is 0.271 e. The summed E-state index contributed by atoms with van der Waals surface area (Å²) >= 11 is 1.87. The van der Waals surface area contributed by atoms with Gasteiger partial charge in [-0.3, -0.25) is 9.78 Å². The van der Waals surface area contributed by atoms with E-state index in [-0.39, 0.29) is 11.9 Å². The molecule has 6 heteroatoms. The second-order valence-corrected chi connectivity index (χ2v) is 5.40. The minimum absolute atomic E-state index is 0.129. The fourth-order valence-electron chi connectivity index (χ4n) is 1.72. The van der Waals surface area contributed by atoms with Crippen molar-refractivity contribution >= 4 is 23.5 Å². The van der Waals surface area contributed by atoms with Crippen LogP contribution in [0.5, 0.6) is 0 Å². The average molecular weight is 266 g/mol. The molecule has 18 heavy (non-hydrogen) atoms. The van der Waals surface area contributed by atoms with Gasteiger partial charge in [0.05, 0.1) is 12.4 Å². The Morgan fingerprint density at radius 3 is 3.17 bits per heavy atom. The van der Waals surface area contributed by atoms with Gasteiger partial charge in [0.25, 0.3) is 5.91 Å². The number of aromatic nitrogens is 2. The minimum Gasteiger partial charge on any atom is -0.369 e. The second-order valence-electron chi connectivity index (χ2n) is 4.25. The monoisotopic (exact) mass is 266 g/mol. The van der Waals surface area contributed by atoms with Gasteiger partial charge in [0.1, 0.15) is 11.5 Å². The van der Waals surface area contributed by atoms with E-state index in [0.717, 1.165) is 30.9 Å². The molecule has 0 spiro atoms. The first kappa shape index (κ1) is 13.1.